The van der Waals surface area contributed by atoms with Crippen molar-refractivity contribution >= 4 is 17.7 Å². The molecule has 0 aromatic carbocycles. The average Bonchev–Trinajstić information content (AvgIpc) is 2.46. The summed E-state index contributed by atoms with van der Waals surface area (Å²) in [7, 11) is 0. The van der Waals surface area contributed by atoms with Gasteiger partial charge in [0.25, 0.3) is 0 Å². The first kappa shape index (κ1) is 13.1. The molecule has 0 heterocycles. The zero-order valence-electron chi connectivity index (χ0n) is 10.5. The van der Waals surface area contributed by atoms with Gasteiger partial charge in [0.15, 0.2) is 11.4 Å². The summed E-state index contributed by atoms with van der Waals surface area (Å²) < 4.78 is 5.28. The smallest absolute Gasteiger partial charge is 0.303 e. The van der Waals surface area contributed by atoms with E-state index in [-0.39, 0.29) is 12.2 Å². The second-order valence-electron chi connectivity index (χ2n) is 5.44. The Balaban J connectivity index is 2.18. The minimum Gasteiger partial charge on any atom is -0.481 e. The molecule has 0 aromatic heterocycles. The number of carboxylic acid groups (broad SMARTS) is 1. The van der Waals surface area contributed by atoms with Crippen LogP contribution in [0.4, 0.5) is 0 Å². The molecule has 2 bridgehead atoms. The number of rotatable bonds is 4. The van der Waals surface area contributed by atoms with E-state index in [4.69, 9.17) is 9.84 Å². The van der Waals surface area contributed by atoms with E-state index in [1.165, 1.54) is 6.92 Å². The van der Waals surface area contributed by atoms with Gasteiger partial charge < -0.3 is 9.84 Å². The highest BCUT2D eigenvalue weighted by atomic mass is 16.6. The first-order valence-corrected chi connectivity index (χ1v) is 6.37. The van der Waals surface area contributed by atoms with Crippen LogP contribution in [0.25, 0.3) is 0 Å². The van der Waals surface area contributed by atoms with Crippen LogP contribution in [0.3, 0.4) is 0 Å². The van der Waals surface area contributed by atoms with E-state index < -0.39 is 23.0 Å². The van der Waals surface area contributed by atoms with Crippen LogP contribution in [0, 0.1) is 5.41 Å². The molecule has 0 aliphatic heterocycles. The van der Waals surface area contributed by atoms with E-state index in [0.29, 0.717) is 25.7 Å². The van der Waals surface area contributed by atoms with E-state index >= 15 is 0 Å². The van der Waals surface area contributed by atoms with Gasteiger partial charge in [-0.3, -0.25) is 14.4 Å². The minimum atomic E-state index is -0.956. The molecule has 0 saturated heterocycles. The largest absolute Gasteiger partial charge is 0.481 e. The van der Waals surface area contributed by atoms with Gasteiger partial charge in [-0.05, 0) is 38.5 Å². The molecule has 0 spiro atoms. The first-order chi connectivity index (χ1) is 8.40. The van der Waals surface area contributed by atoms with Crippen molar-refractivity contribution < 1.29 is 24.2 Å². The highest BCUT2D eigenvalue weighted by Crippen LogP contribution is 2.54. The Labute approximate surface area is 105 Å². The van der Waals surface area contributed by atoms with Crippen LogP contribution in [0.2, 0.25) is 0 Å². The molecule has 2 saturated carbocycles. The van der Waals surface area contributed by atoms with Crippen LogP contribution in [0.1, 0.15) is 51.9 Å². The molecule has 100 valence electrons. The monoisotopic (exact) mass is 254 g/mol. The lowest BCUT2D eigenvalue weighted by Crippen LogP contribution is -2.47. The second kappa shape index (κ2) is 4.37. The number of ketones is 1. The lowest BCUT2D eigenvalue weighted by Gasteiger charge is -2.37. The molecule has 2 fully saturated rings. The fourth-order valence-corrected chi connectivity index (χ4v) is 3.47. The lowest BCUT2D eigenvalue weighted by molar-refractivity contribution is -0.169. The van der Waals surface area contributed by atoms with Crippen molar-refractivity contribution in [3.05, 3.63) is 0 Å². The number of carboxylic acids is 1. The summed E-state index contributed by atoms with van der Waals surface area (Å²) in [6, 6.07) is 0. The normalized spacial score (nSPS) is 34.4. The fraction of sp³-hybridized carbons (Fsp3) is 0.769. The van der Waals surface area contributed by atoms with E-state index in [2.05, 4.69) is 0 Å². The van der Waals surface area contributed by atoms with Crippen LogP contribution >= 0.6 is 0 Å². The molecule has 0 radical (unpaired) electrons. The van der Waals surface area contributed by atoms with Gasteiger partial charge in [-0.1, -0.05) is 0 Å². The van der Waals surface area contributed by atoms with Crippen molar-refractivity contribution in [3.63, 3.8) is 0 Å². The third-order valence-electron chi connectivity index (χ3n) is 4.30. The third-order valence-corrected chi connectivity index (χ3v) is 4.30. The number of fused-ring (bicyclic) bond motifs is 2. The maximum absolute atomic E-state index is 12.5. The molecule has 0 amide bonds. The topological polar surface area (TPSA) is 80.7 Å². The van der Waals surface area contributed by atoms with Gasteiger partial charge in [-0.2, -0.15) is 0 Å². The van der Waals surface area contributed by atoms with E-state index in [0.717, 1.165) is 12.8 Å². The predicted molar refractivity (Wildman–Crippen MR) is 61.9 cm³/mol. The van der Waals surface area contributed by atoms with Gasteiger partial charge >= 0.3 is 11.9 Å². The number of esters is 1. The van der Waals surface area contributed by atoms with Gasteiger partial charge in [0.05, 0.1) is 0 Å². The Hall–Kier alpha value is -1.39. The Morgan fingerprint density at radius 2 is 2.00 bits per heavy atom. The van der Waals surface area contributed by atoms with Crippen LogP contribution in [-0.2, 0) is 19.1 Å². The Kier molecular flexibility index (Phi) is 3.17. The van der Waals surface area contributed by atoms with E-state index in [1.54, 1.807) is 0 Å². The Morgan fingerprint density at radius 1 is 1.28 bits per heavy atom. The molecule has 2 atom stereocenters. The first-order valence-electron chi connectivity index (χ1n) is 6.37. The lowest BCUT2D eigenvalue weighted by atomic mass is 9.70. The quantitative estimate of drug-likeness (QED) is 0.772. The molecule has 18 heavy (non-hydrogen) atoms. The predicted octanol–water partition coefficient (Wildman–Crippen LogP) is 1.69. The number of aliphatic carboxylic acids is 1. The summed E-state index contributed by atoms with van der Waals surface area (Å²) in [4.78, 5) is 34.3. The molecule has 2 unspecified atom stereocenters. The molecule has 2 aliphatic rings. The molecule has 5 heteroatoms. The highest BCUT2D eigenvalue weighted by Gasteiger charge is 2.60. The maximum atomic E-state index is 12.5. The number of Topliss-reactive ketones (excluding diaryl/α,β-unsaturated/α-hetero) is 1. The Morgan fingerprint density at radius 3 is 2.61 bits per heavy atom. The van der Waals surface area contributed by atoms with Crippen molar-refractivity contribution in [2.45, 2.75) is 57.5 Å². The van der Waals surface area contributed by atoms with Gasteiger partial charge in [-0.25, -0.2) is 0 Å². The van der Waals surface area contributed by atoms with E-state index in [1.807, 2.05) is 0 Å². The van der Waals surface area contributed by atoms with Crippen molar-refractivity contribution in [1.82, 2.24) is 0 Å². The van der Waals surface area contributed by atoms with Crippen LogP contribution in [0.5, 0.6) is 0 Å². The van der Waals surface area contributed by atoms with Gasteiger partial charge in [0.2, 0.25) is 0 Å². The van der Waals surface area contributed by atoms with Crippen molar-refractivity contribution in [3.8, 4) is 0 Å². The molecule has 2 rings (SSSR count). The van der Waals surface area contributed by atoms with Crippen molar-refractivity contribution in [2.75, 3.05) is 0 Å². The summed E-state index contributed by atoms with van der Waals surface area (Å²) in [5, 5.41) is 8.77. The number of carbonyl (C=O) groups excluding carboxylic acids is 2. The van der Waals surface area contributed by atoms with Crippen LogP contribution < -0.4 is 0 Å². The highest BCUT2D eigenvalue weighted by molar-refractivity contribution is 5.97. The van der Waals surface area contributed by atoms with Gasteiger partial charge in [-0.15, -0.1) is 0 Å². The van der Waals surface area contributed by atoms with Crippen LogP contribution in [0.15, 0.2) is 0 Å². The fourth-order valence-electron chi connectivity index (χ4n) is 3.47. The van der Waals surface area contributed by atoms with Gasteiger partial charge in [0.1, 0.15) is 0 Å². The second-order valence-corrected chi connectivity index (χ2v) is 5.44. The number of ether oxygens (including phenoxy) is 1. The van der Waals surface area contributed by atoms with Crippen LogP contribution in [-0.4, -0.2) is 28.4 Å². The SMILES string of the molecule is CC(=O)OC12CCCC(CCC(=O)O)(CC1)C2=O. The number of carbonyl (C=O) groups is 3. The van der Waals surface area contributed by atoms with Gasteiger partial charge in [0, 0.05) is 18.8 Å². The minimum absolute atomic E-state index is 0.00188. The molecule has 1 N–H and O–H groups in total. The zero-order chi connectivity index (χ0) is 13.4. The van der Waals surface area contributed by atoms with Crippen molar-refractivity contribution in [1.29, 1.82) is 0 Å². The summed E-state index contributed by atoms with van der Waals surface area (Å²) in [6.45, 7) is 1.31. The third kappa shape index (κ3) is 2.02. The van der Waals surface area contributed by atoms with Crippen molar-refractivity contribution in [2.24, 2.45) is 5.41 Å². The number of hydrogen-bond donors (Lipinski definition) is 1. The molecular weight excluding hydrogens is 236 g/mol. The number of hydrogen-bond acceptors (Lipinski definition) is 4. The maximum Gasteiger partial charge on any atom is 0.303 e. The standard InChI is InChI=1S/C13H18O5/c1-9(14)18-13-5-2-4-12(7-8-13,11(13)17)6-3-10(15)16/h2-8H2,1H3,(H,15,16). The summed E-state index contributed by atoms with van der Waals surface area (Å²) in [5.74, 6) is -1.36. The average molecular weight is 254 g/mol. The summed E-state index contributed by atoms with van der Waals surface area (Å²) in [5.41, 5.74) is -1.52. The molecule has 5 nitrogen and oxygen atoms in total. The summed E-state index contributed by atoms with van der Waals surface area (Å²) in [6.07, 6.45) is 3.69. The summed E-state index contributed by atoms with van der Waals surface area (Å²) >= 11 is 0. The van der Waals surface area contributed by atoms with E-state index in [9.17, 15) is 14.4 Å². The molecular formula is C13H18O5. The molecule has 2 aliphatic carbocycles. The molecule has 0 aromatic rings. The Bertz CT molecular complexity index is 402. The zero-order valence-corrected chi connectivity index (χ0v) is 10.5.